The van der Waals surface area contributed by atoms with Crippen molar-refractivity contribution in [3.05, 3.63) is 45.6 Å². The number of aromatic nitrogens is 1. The van der Waals surface area contributed by atoms with Crippen LogP contribution in [0.2, 0.25) is 0 Å². The second-order valence-corrected chi connectivity index (χ2v) is 6.54. The van der Waals surface area contributed by atoms with Crippen LogP contribution in [-0.4, -0.2) is 42.7 Å². The molecule has 27 heavy (non-hydrogen) atoms. The molecule has 0 amide bonds. The average molecular weight is 382 g/mol. The quantitative estimate of drug-likeness (QED) is 0.773. The van der Waals surface area contributed by atoms with E-state index in [1.807, 2.05) is 43.3 Å². The molecule has 2 heterocycles. The molecule has 0 atom stereocenters. The fourth-order valence-electron chi connectivity index (χ4n) is 2.77. The zero-order valence-electron chi connectivity index (χ0n) is 15.6. The van der Waals surface area contributed by atoms with Gasteiger partial charge in [0.2, 0.25) is 0 Å². The van der Waals surface area contributed by atoms with Gasteiger partial charge in [0.1, 0.15) is 28.2 Å². The van der Waals surface area contributed by atoms with Gasteiger partial charge in [0.15, 0.2) is 0 Å². The Balaban J connectivity index is 0.000000273. The van der Waals surface area contributed by atoms with Crippen LogP contribution in [0.5, 0.6) is 0 Å². The summed E-state index contributed by atoms with van der Waals surface area (Å²) in [5.41, 5.74) is 8.62. The fraction of sp³-hybridized carbons (Fsp3) is 0.350. The Morgan fingerprint density at radius 3 is 2.22 bits per heavy atom. The molecule has 3 N–H and O–H groups in total. The van der Waals surface area contributed by atoms with Crippen LogP contribution < -0.4 is 5.73 Å². The molecule has 0 spiro atoms. The van der Waals surface area contributed by atoms with E-state index in [0.717, 1.165) is 37.4 Å². The molecule has 1 aliphatic rings. The lowest BCUT2D eigenvalue weighted by molar-refractivity contribution is 0.0405. The summed E-state index contributed by atoms with van der Waals surface area (Å²) in [4.78, 5) is 5.07. The molecule has 1 aromatic carbocycles. The number of nitrogens with two attached hydrogens (primary N) is 1. The molecule has 1 saturated heterocycles. The number of nitriles is 2. The number of benzene rings is 1. The monoisotopic (exact) mass is 381 g/mol. The standard InChI is InChI=1S/C14H10N4S.C6H13NO/c1-8-2-4-9(5-3-8)12-10(6-15)13(17)18-14(19)11(12)7-16;1-2-7-3-5-8-6-4-7/h2-5H,1H3,(H3,17,18,19);2-6H2,1H3. The van der Waals surface area contributed by atoms with Crippen molar-refractivity contribution >= 4 is 18.0 Å². The number of nitrogens with zero attached hydrogens (tertiary/aromatic N) is 3. The molecule has 0 unspecified atom stereocenters. The molecule has 140 valence electrons. The van der Waals surface area contributed by atoms with Crippen molar-refractivity contribution in [1.29, 1.82) is 10.5 Å². The van der Waals surface area contributed by atoms with Crippen LogP contribution in [0.1, 0.15) is 23.6 Å². The van der Waals surface area contributed by atoms with Crippen LogP contribution in [0, 0.1) is 34.2 Å². The normalized spacial score (nSPS) is 13.8. The van der Waals surface area contributed by atoms with Gasteiger partial charge < -0.3 is 15.5 Å². The zero-order chi connectivity index (χ0) is 19.8. The highest BCUT2D eigenvalue weighted by Crippen LogP contribution is 2.30. The fourth-order valence-corrected chi connectivity index (χ4v) is 3.03. The molecule has 6 nitrogen and oxygen atoms in total. The van der Waals surface area contributed by atoms with Crippen LogP contribution in [0.25, 0.3) is 11.1 Å². The summed E-state index contributed by atoms with van der Waals surface area (Å²) in [6, 6.07) is 11.6. The van der Waals surface area contributed by atoms with Crippen molar-refractivity contribution in [3.8, 4) is 23.3 Å². The van der Waals surface area contributed by atoms with E-state index < -0.39 is 0 Å². The highest BCUT2D eigenvalue weighted by atomic mass is 32.1. The maximum atomic E-state index is 9.24. The first kappa shape index (κ1) is 20.6. The molecule has 0 saturated carbocycles. The number of H-pyrrole nitrogens is 1. The molecule has 2 aromatic rings. The van der Waals surface area contributed by atoms with Crippen LogP contribution in [-0.2, 0) is 4.74 Å². The third kappa shape index (κ3) is 5.15. The zero-order valence-corrected chi connectivity index (χ0v) is 16.4. The second kappa shape index (κ2) is 9.84. The van der Waals surface area contributed by atoms with Gasteiger partial charge in [0.25, 0.3) is 0 Å². The van der Waals surface area contributed by atoms with Crippen molar-refractivity contribution in [3.63, 3.8) is 0 Å². The molecule has 1 aromatic heterocycles. The minimum Gasteiger partial charge on any atom is -0.384 e. The summed E-state index contributed by atoms with van der Waals surface area (Å²) in [6.07, 6.45) is 0. The minimum atomic E-state index is 0.182. The predicted octanol–water partition coefficient (Wildman–Crippen LogP) is 3.38. The van der Waals surface area contributed by atoms with Gasteiger partial charge in [-0.1, -0.05) is 49.0 Å². The lowest BCUT2D eigenvalue weighted by atomic mass is 9.96. The first-order valence-corrected chi connectivity index (χ1v) is 9.15. The molecule has 0 bridgehead atoms. The van der Waals surface area contributed by atoms with Crippen molar-refractivity contribution in [2.24, 2.45) is 0 Å². The predicted molar refractivity (Wildman–Crippen MR) is 109 cm³/mol. The number of likely N-dealkylation sites (N-methyl/N-ethyl adjacent to an activating group) is 1. The smallest absolute Gasteiger partial charge is 0.123 e. The van der Waals surface area contributed by atoms with Crippen molar-refractivity contribution in [1.82, 2.24) is 9.88 Å². The number of pyridine rings is 1. The van der Waals surface area contributed by atoms with E-state index >= 15 is 0 Å². The first-order chi connectivity index (χ1) is 13.0. The third-order valence-corrected chi connectivity index (χ3v) is 4.67. The lowest BCUT2D eigenvalue weighted by Crippen LogP contribution is -2.35. The largest absolute Gasteiger partial charge is 0.384 e. The van der Waals surface area contributed by atoms with Gasteiger partial charge >= 0.3 is 0 Å². The average Bonchev–Trinajstić information content (AvgIpc) is 2.69. The third-order valence-electron chi connectivity index (χ3n) is 4.36. The first-order valence-electron chi connectivity index (χ1n) is 8.74. The molecule has 0 radical (unpaired) electrons. The number of hydrogen-bond donors (Lipinski definition) is 2. The van der Waals surface area contributed by atoms with Crippen molar-refractivity contribution < 1.29 is 4.74 Å². The Hall–Kier alpha value is -2.71. The highest BCUT2D eigenvalue weighted by Gasteiger charge is 2.16. The van der Waals surface area contributed by atoms with Gasteiger partial charge in [0, 0.05) is 18.7 Å². The topological polar surface area (TPSA) is 102 Å². The lowest BCUT2D eigenvalue weighted by Gasteiger charge is -2.24. The Labute approximate surface area is 164 Å². The number of aromatic amines is 1. The molecule has 7 heteroatoms. The number of hydrogen-bond acceptors (Lipinski definition) is 6. The van der Waals surface area contributed by atoms with Gasteiger partial charge in [-0.25, -0.2) is 0 Å². The minimum absolute atomic E-state index is 0.182. The maximum Gasteiger partial charge on any atom is 0.123 e. The van der Waals surface area contributed by atoms with E-state index in [-0.39, 0.29) is 21.6 Å². The number of anilines is 1. The van der Waals surface area contributed by atoms with E-state index in [1.54, 1.807) is 0 Å². The maximum absolute atomic E-state index is 9.24. The van der Waals surface area contributed by atoms with Gasteiger partial charge in [-0.15, -0.1) is 0 Å². The molecular formula is C20H23N5OS. The SMILES string of the molecule is CCN1CCOCC1.Cc1ccc(-c2c(C#N)c(N)[nH]c(=S)c2C#N)cc1. The molecule has 1 aliphatic heterocycles. The van der Waals surface area contributed by atoms with E-state index in [0.29, 0.717) is 5.56 Å². The summed E-state index contributed by atoms with van der Waals surface area (Å²) >= 11 is 5.09. The Morgan fingerprint density at radius 2 is 1.74 bits per heavy atom. The van der Waals surface area contributed by atoms with E-state index in [2.05, 4.69) is 16.8 Å². The van der Waals surface area contributed by atoms with Crippen molar-refractivity contribution in [2.45, 2.75) is 13.8 Å². The number of nitrogens with one attached hydrogen (secondary N) is 1. The number of rotatable bonds is 2. The van der Waals surface area contributed by atoms with E-state index in [4.69, 9.17) is 22.7 Å². The molecule has 3 rings (SSSR count). The van der Waals surface area contributed by atoms with Gasteiger partial charge in [-0.05, 0) is 19.0 Å². The van der Waals surface area contributed by atoms with Gasteiger partial charge in [-0.3, -0.25) is 4.90 Å². The molecule has 0 aliphatic carbocycles. The van der Waals surface area contributed by atoms with Gasteiger partial charge in [0.05, 0.1) is 18.8 Å². The van der Waals surface area contributed by atoms with Crippen LogP contribution in [0.15, 0.2) is 24.3 Å². The molecule has 1 fully saturated rings. The summed E-state index contributed by atoms with van der Waals surface area (Å²) in [5.74, 6) is 0.182. The number of morpholine rings is 1. The Bertz CT molecular complexity index is 916. The highest BCUT2D eigenvalue weighted by molar-refractivity contribution is 7.71. The van der Waals surface area contributed by atoms with Crippen molar-refractivity contribution in [2.75, 3.05) is 38.6 Å². The van der Waals surface area contributed by atoms with Crippen LogP contribution in [0.3, 0.4) is 0 Å². The van der Waals surface area contributed by atoms with Crippen LogP contribution in [0.4, 0.5) is 5.82 Å². The van der Waals surface area contributed by atoms with E-state index in [9.17, 15) is 10.5 Å². The van der Waals surface area contributed by atoms with Gasteiger partial charge in [-0.2, -0.15) is 10.5 Å². The summed E-state index contributed by atoms with van der Waals surface area (Å²) in [6.45, 7) is 9.41. The number of nitrogen functional groups attached to an aromatic ring is 1. The Morgan fingerprint density at radius 1 is 1.15 bits per heavy atom. The summed E-state index contributed by atoms with van der Waals surface area (Å²) in [7, 11) is 0. The number of ether oxygens (including phenoxy) is 1. The Kier molecular flexibility index (Phi) is 7.51. The van der Waals surface area contributed by atoms with E-state index in [1.165, 1.54) is 6.54 Å². The molecular weight excluding hydrogens is 358 g/mol. The number of aryl methyl sites for hydroxylation is 1. The second-order valence-electron chi connectivity index (χ2n) is 6.13. The summed E-state index contributed by atoms with van der Waals surface area (Å²) in [5, 5.41) is 18.5. The van der Waals surface area contributed by atoms with Crippen LogP contribution >= 0.6 is 12.2 Å². The summed E-state index contributed by atoms with van der Waals surface area (Å²) < 4.78 is 5.40.